The summed E-state index contributed by atoms with van der Waals surface area (Å²) in [6.45, 7) is 4.57. The SMILES string of the molecule is CC/C(C(=O)O)=C(/C(=O)O)C(CC)(CC)C(=O)O. The van der Waals surface area contributed by atoms with E-state index in [0.29, 0.717) is 0 Å². The van der Waals surface area contributed by atoms with Gasteiger partial charge in [0.05, 0.1) is 11.0 Å². The summed E-state index contributed by atoms with van der Waals surface area (Å²) in [6, 6.07) is 0. The lowest BCUT2D eigenvalue weighted by Crippen LogP contribution is -2.37. The summed E-state index contributed by atoms with van der Waals surface area (Å²) in [6.07, 6.45) is 0.0144. The van der Waals surface area contributed by atoms with E-state index in [-0.39, 0.29) is 24.8 Å². The van der Waals surface area contributed by atoms with Crippen molar-refractivity contribution in [1.82, 2.24) is 0 Å². The summed E-state index contributed by atoms with van der Waals surface area (Å²) in [5.41, 5.74) is -2.53. The molecule has 0 aromatic heterocycles. The van der Waals surface area contributed by atoms with Crippen LogP contribution in [0.1, 0.15) is 40.0 Å². The van der Waals surface area contributed by atoms with Gasteiger partial charge >= 0.3 is 17.9 Å². The zero-order valence-electron chi connectivity index (χ0n) is 10.7. The minimum absolute atomic E-state index is 0.0250. The largest absolute Gasteiger partial charge is 0.481 e. The lowest BCUT2D eigenvalue weighted by atomic mass is 9.73. The highest BCUT2D eigenvalue weighted by Gasteiger charge is 2.44. The van der Waals surface area contributed by atoms with Crippen molar-refractivity contribution in [2.45, 2.75) is 40.0 Å². The maximum absolute atomic E-state index is 11.4. The number of hydrogen-bond donors (Lipinski definition) is 3. The van der Waals surface area contributed by atoms with Gasteiger partial charge in [0, 0.05) is 5.57 Å². The molecule has 0 saturated heterocycles. The van der Waals surface area contributed by atoms with Crippen molar-refractivity contribution < 1.29 is 29.7 Å². The van der Waals surface area contributed by atoms with Crippen LogP contribution in [0.4, 0.5) is 0 Å². The van der Waals surface area contributed by atoms with Crippen LogP contribution in [-0.4, -0.2) is 33.2 Å². The Hall–Kier alpha value is -1.85. The molecule has 18 heavy (non-hydrogen) atoms. The second-order valence-corrected chi connectivity index (χ2v) is 3.91. The van der Waals surface area contributed by atoms with Crippen molar-refractivity contribution in [2.24, 2.45) is 5.41 Å². The van der Waals surface area contributed by atoms with E-state index in [1.807, 2.05) is 0 Å². The molecular weight excluding hydrogens is 240 g/mol. The number of hydrogen-bond acceptors (Lipinski definition) is 3. The van der Waals surface area contributed by atoms with Crippen molar-refractivity contribution in [3.05, 3.63) is 11.1 Å². The zero-order valence-corrected chi connectivity index (χ0v) is 10.7. The van der Waals surface area contributed by atoms with Crippen molar-refractivity contribution >= 4 is 17.9 Å². The quantitative estimate of drug-likeness (QED) is 0.600. The second-order valence-electron chi connectivity index (χ2n) is 3.91. The van der Waals surface area contributed by atoms with Crippen LogP contribution in [0.3, 0.4) is 0 Å². The monoisotopic (exact) mass is 258 g/mol. The first kappa shape index (κ1) is 16.1. The Morgan fingerprint density at radius 1 is 0.889 bits per heavy atom. The average Bonchev–Trinajstić information content (AvgIpc) is 2.28. The van der Waals surface area contributed by atoms with Gasteiger partial charge in [-0.05, 0) is 19.3 Å². The van der Waals surface area contributed by atoms with Crippen molar-refractivity contribution in [3.8, 4) is 0 Å². The van der Waals surface area contributed by atoms with Gasteiger partial charge in [-0.15, -0.1) is 0 Å². The average molecular weight is 258 g/mol. The lowest BCUT2D eigenvalue weighted by molar-refractivity contribution is -0.150. The lowest BCUT2D eigenvalue weighted by Gasteiger charge is -2.28. The van der Waals surface area contributed by atoms with Gasteiger partial charge in [-0.3, -0.25) is 4.79 Å². The molecule has 0 heterocycles. The van der Waals surface area contributed by atoms with E-state index >= 15 is 0 Å². The third-order valence-corrected chi connectivity index (χ3v) is 3.22. The van der Waals surface area contributed by atoms with Crippen LogP contribution >= 0.6 is 0 Å². The van der Waals surface area contributed by atoms with Crippen LogP contribution in [0.2, 0.25) is 0 Å². The molecule has 0 saturated carbocycles. The van der Waals surface area contributed by atoms with Crippen LogP contribution in [0.15, 0.2) is 11.1 Å². The standard InChI is InChI=1S/C12H18O6/c1-4-7(9(13)14)8(10(15)16)12(5-2,6-3)11(17)18/h4-6H2,1-3H3,(H,13,14)(H,15,16)(H,17,18)/b8-7+. The maximum atomic E-state index is 11.4. The van der Waals surface area contributed by atoms with Crippen LogP contribution in [-0.2, 0) is 14.4 Å². The molecule has 0 rings (SSSR count). The Balaban J connectivity index is 6.27. The Morgan fingerprint density at radius 3 is 1.50 bits per heavy atom. The maximum Gasteiger partial charge on any atom is 0.333 e. The smallest absolute Gasteiger partial charge is 0.333 e. The van der Waals surface area contributed by atoms with Crippen LogP contribution in [0.5, 0.6) is 0 Å². The Kier molecular flexibility index (Phi) is 5.55. The molecule has 102 valence electrons. The highest BCUT2D eigenvalue weighted by molar-refractivity contribution is 6.04. The Labute approximate surface area is 105 Å². The van der Waals surface area contributed by atoms with Gasteiger partial charge < -0.3 is 15.3 Å². The molecule has 0 bridgehead atoms. The van der Waals surface area contributed by atoms with E-state index in [2.05, 4.69) is 0 Å². The Bertz CT molecular complexity index is 389. The van der Waals surface area contributed by atoms with Gasteiger partial charge in [-0.1, -0.05) is 20.8 Å². The van der Waals surface area contributed by atoms with Gasteiger partial charge in [-0.2, -0.15) is 0 Å². The van der Waals surface area contributed by atoms with Gasteiger partial charge in [-0.25, -0.2) is 9.59 Å². The summed E-state index contributed by atoms with van der Waals surface area (Å²) in [5.74, 6) is -4.18. The van der Waals surface area contributed by atoms with E-state index in [0.717, 1.165) is 0 Å². The second kappa shape index (κ2) is 6.18. The molecule has 3 N–H and O–H groups in total. The van der Waals surface area contributed by atoms with Gasteiger partial charge in [0.2, 0.25) is 0 Å². The minimum Gasteiger partial charge on any atom is -0.481 e. The number of aliphatic carboxylic acids is 3. The molecule has 6 heteroatoms. The highest BCUT2D eigenvalue weighted by atomic mass is 16.4. The summed E-state index contributed by atoms with van der Waals surface area (Å²) in [7, 11) is 0. The highest BCUT2D eigenvalue weighted by Crippen LogP contribution is 2.38. The fraction of sp³-hybridized carbons (Fsp3) is 0.583. The van der Waals surface area contributed by atoms with E-state index in [1.54, 1.807) is 0 Å². The van der Waals surface area contributed by atoms with Gasteiger partial charge in [0.15, 0.2) is 0 Å². The first-order valence-electron chi connectivity index (χ1n) is 5.72. The molecule has 0 aliphatic heterocycles. The van der Waals surface area contributed by atoms with E-state index in [9.17, 15) is 24.6 Å². The molecule has 6 nitrogen and oxygen atoms in total. The number of rotatable bonds is 7. The van der Waals surface area contributed by atoms with E-state index in [1.165, 1.54) is 20.8 Å². The third kappa shape index (κ3) is 2.69. The van der Waals surface area contributed by atoms with Crippen LogP contribution in [0.25, 0.3) is 0 Å². The zero-order chi connectivity index (χ0) is 14.5. The fourth-order valence-corrected chi connectivity index (χ4v) is 2.07. The fourth-order valence-electron chi connectivity index (χ4n) is 2.07. The number of carbonyl (C=O) groups is 3. The first-order chi connectivity index (χ1) is 8.28. The van der Waals surface area contributed by atoms with Crippen molar-refractivity contribution in [2.75, 3.05) is 0 Å². The molecule has 0 aromatic carbocycles. The molecular formula is C12H18O6. The van der Waals surface area contributed by atoms with Crippen LogP contribution in [0, 0.1) is 5.41 Å². The third-order valence-electron chi connectivity index (χ3n) is 3.22. The van der Waals surface area contributed by atoms with Gasteiger partial charge in [0.25, 0.3) is 0 Å². The molecule has 0 unspecified atom stereocenters. The summed E-state index contributed by atoms with van der Waals surface area (Å²) in [4.78, 5) is 33.7. The molecule has 0 aromatic rings. The molecule has 0 radical (unpaired) electrons. The number of carboxylic acids is 3. The predicted octanol–water partition coefficient (Wildman–Crippen LogP) is 1.75. The van der Waals surface area contributed by atoms with E-state index < -0.39 is 28.9 Å². The number of carboxylic acid groups (broad SMARTS) is 3. The minimum atomic E-state index is -1.66. The molecule has 0 amide bonds. The molecule has 0 fully saturated rings. The van der Waals surface area contributed by atoms with E-state index in [4.69, 9.17) is 5.11 Å². The predicted molar refractivity (Wildman–Crippen MR) is 63.2 cm³/mol. The molecule has 0 aliphatic rings. The summed E-state index contributed by atoms with van der Waals surface area (Å²) < 4.78 is 0. The normalized spacial score (nSPS) is 12.8. The van der Waals surface area contributed by atoms with Crippen LogP contribution < -0.4 is 0 Å². The molecule has 0 spiro atoms. The molecule has 0 aliphatic carbocycles. The van der Waals surface area contributed by atoms with Gasteiger partial charge in [0.1, 0.15) is 0 Å². The van der Waals surface area contributed by atoms with Crippen molar-refractivity contribution in [3.63, 3.8) is 0 Å². The molecule has 0 atom stereocenters. The summed E-state index contributed by atoms with van der Waals surface area (Å²) in [5, 5.41) is 27.5. The summed E-state index contributed by atoms with van der Waals surface area (Å²) >= 11 is 0. The first-order valence-corrected chi connectivity index (χ1v) is 5.72. The van der Waals surface area contributed by atoms with Crippen molar-refractivity contribution in [1.29, 1.82) is 0 Å². The topological polar surface area (TPSA) is 112 Å². The Morgan fingerprint density at radius 2 is 1.33 bits per heavy atom.